The minimum Gasteiger partial charge on any atom is -0.493 e. The lowest BCUT2D eigenvalue weighted by Gasteiger charge is -2.15. The number of benzene rings is 2. The highest BCUT2D eigenvalue weighted by Gasteiger charge is 2.12. The molecule has 4 heteroatoms. The van der Waals surface area contributed by atoms with Crippen molar-refractivity contribution in [2.24, 2.45) is 0 Å². The zero-order chi connectivity index (χ0) is 15.2. The van der Waals surface area contributed by atoms with Crippen molar-refractivity contribution in [3.63, 3.8) is 0 Å². The van der Waals surface area contributed by atoms with Crippen LogP contribution >= 0.6 is 0 Å². The third-order valence-corrected chi connectivity index (χ3v) is 3.17. The Kier molecular flexibility index (Phi) is 5.17. The number of rotatable bonds is 6. The van der Waals surface area contributed by atoms with Crippen molar-refractivity contribution in [3.8, 4) is 17.2 Å². The van der Waals surface area contributed by atoms with Gasteiger partial charge in [0.2, 0.25) is 0 Å². The first-order chi connectivity index (χ1) is 10.2. The molecule has 0 aromatic heterocycles. The fraction of sp³-hybridized carbons (Fsp3) is 0.294. The molecule has 0 spiro atoms. The lowest BCUT2D eigenvalue weighted by molar-refractivity contribution is 0.375. The van der Waals surface area contributed by atoms with E-state index >= 15 is 0 Å². The summed E-state index contributed by atoms with van der Waals surface area (Å²) < 4.78 is 25.1. The first-order valence-electron chi connectivity index (χ1n) is 6.96. The summed E-state index contributed by atoms with van der Waals surface area (Å²) in [6.07, 6.45) is 0. The number of aryl methyl sites for hydroxylation is 1. The molecule has 0 radical (unpaired) electrons. The molecule has 0 heterocycles. The fourth-order valence-corrected chi connectivity index (χ4v) is 2.03. The molecule has 0 amide bonds. The summed E-state index contributed by atoms with van der Waals surface area (Å²) >= 11 is 0. The number of halogens is 1. The van der Waals surface area contributed by atoms with Crippen LogP contribution in [0.4, 0.5) is 4.39 Å². The standard InChI is InChI=1S/C17H20FNO2/c1-4-19-11-13-14(18)6-5-7-15(13)21-16-9-8-12(2)10-17(16)20-3/h5-10,19H,4,11H2,1-3H3. The van der Waals surface area contributed by atoms with E-state index in [2.05, 4.69) is 5.32 Å². The van der Waals surface area contributed by atoms with E-state index in [1.54, 1.807) is 19.2 Å². The van der Waals surface area contributed by atoms with Gasteiger partial charge in [0, 0.05) is 12.1 Å². The van der Waals surface area contributed by atoms with Gasteiger partial charge in [0.1, 0.15) is 11.6 Å². The average Bonchev–Trinajstić information content (AvgIpc) is 2.48. The van der Waals surface area contributed by atoms with E-state index < -0.39 is 0 Å². The van der Waals surface area contributed by atoms with E-state index in [-0.39, 0.29) is 5.82 Å². The van der Waals surface area contributed by atoms with Crippen LogP contribution < -0.4 is 14.8 Å². The van der Waals surface area contributed by atoms with Crippen molar-refractivity contribution in [3.05, 3.63) is 53.3 Å². The zero-order valence-corrected chi connectivity index (χ0v) is 12.6. The lowest BCUT2D eigenvalue weighted by Crippen LogP contribution is -2.13. The van der Waals surface area contributed by atoms with Gasteiger partial charge < -0.3 is 14.8 Å². The summed E-state index contributed by atoms with van der Waals surface area (Å²) in [4.78, 5) is 0. The van der Waals surface area contributed by atoms with Gasteiger partial charge in [-0.1, -0.05) is 19.1 Å². The molecule has 0 unspecified atom stereocenters. The number of nitrogens with one attached hydrogen (secondary N) is 1. The Bertz CT molecular complexity index is 614. The van der Waals surface area contributed by atoms with Crippen LogP contribution in [-0.4, -0.2) is 13.7 Å². The Labute approximate surface area is 124 Å². The van der Waals surface area contributed by atoms with Crippen molar-refractivity contribution in [1.29, 1.82) is 0 Å². The summed E-state index contributed by atoms with van der Waals surface area (Å²) in [5, 5.41) is 3.12. The highest BCUT2D eigenvalue weighted by atomic mass is 19.1. The second-order valence-corrected chi connectivity index (χ2v) is 4.75. The molecule has 0 aliphatic rings. The Morgan fingerprint density at radius 1 is 1.10 bits per heavy atom. The zero-order valence-electron chi connectivity index (χ0n) is 12.6. The van der Waals surface area contributed by atoms with Gasteiger partial charge in [-0.3, -0.25) is 0 Å². The SMILES string of the molecule is CCNCc1c(F)cccc1Oc1ccc(C)cc1OC. The molecule has 2 aromatic carbocycles. The molecule has 1 N–H and O–H groups in total. The van der Waals surface area contributed by atoms with Crippen molar-refractivity contribution in [1.82, 2.24) is 5.32 Å². The Balaban J connectivity index is 2.33. The molecule has 3 nitrogen and oxygen atoms in total. The average molecular weight is 289 g/mol. The number of hydrogen-bond donors (Lipinski definition) is 1. The molecule has 0 fully saturated rings. The lowest BCUT2D eigenvalue weighted by atomic mass is 10.1. The fourth-order valence-electron chi connectivity index (χ4n) is 2.03. The van der Waals surface area contributed by atoms with Gasteiger partial charge in [-0.15, -0.1) is 0 Å². The predicted octanol–water partition coefficient (Wildman–Crippen LogP) is 4.04. The van der Waals surface area contributed by atoms with Crippen LogP contribution in [0.25, 0.3) is 0 Å². The molecular weight excluding hydrogens is 269 g/mol. The van der Waals surface area contributed by atoms with Gasteiger partial charge in [0.05, 0.1) is 7.11 Å². The summed E-state index contributed by atoms with van der Waals surface area (Å²) in [6, 6.07) is 10.5. The van der Waals surface area contributed by atoms with Gasteiger partial charge in [0.25, 0.3) is 0 Å². The normalized spacial score (nSPS) is 10.5. The van der Waals surface area contributed by atoms with Crippen LogP contribution in [0.15, 0.2) is 36.4 Å². The van der Waals surface area contributed by atoms with Crippen LogP contribution in [0.1, 0.15) is 18.1 Å². The van der Waals surface area contributed by atoms with Crippen LogP contribution in [0.3, 0.4) is 0 Å². The first-order valence-corrected chi connectivity index (χ1v) is 6.96. The molecular formula is C17H20FNO2. The third-order valence-electron chi connectivity index (χ3n) is 3.17. The summed E-state index contributed by atoms with van der Waals surface area (Å²) in [7, 11) is 1.59. The highest BCUT2D eigenvalue weighted by Crippen LogP contribution is 2.34. The molecule has 0 saturated heterocycles. The molecule has 112 valence electrons. The minimum absolute atomic E-state index is 0.278. The van der Waals surface area contributed by atoms with E-state index in [0.29, 0.717) is 29.4 Å². The molecule has 0 bridgehead atoms. The largest absolute Gasteiger partial charge is 0.493 e. The second-order valence-electron chi connectivity index (χ2n) is 4.75. The van der Waals surface area contributed by atoms with Gasteiger partial charge in [0.15, 0.2) is 11.5 Å². The summed E-state index contributed by atoms with van der Waals surface area (Å²) in [6.45, 7) is 5.14. The number of hydrogen-bond acceptors (Lipinski definition) is 3. The van der Waals surface area contributed by atoms with Crippen LogP contribution in [-0.2, 0) is 6.54 Å². The number of methoxy groups -OCH3 is 1. The van der Waals surface area contributed by atoms with E-state index in [4.69, 9.17) is 9.47 Å². The maximum Gasteiger partial charge on any atom is 0.169 e. The highest BCUT2D eigenvalue weighted by molar-refractivity contribution is 5.47. The maximum absolute atomic E-state index is 14.0. The molecule has 2 rings (SSSR count). The molecule has 0 aliphatic heterocycles. The topological polar surface area (TPSA) is 30.5 Å². The van der Waals surface area contributed by atoms with E-state index in [1.807, 2.05) is 32.0 Å². The Hall–Kier alpha value is -2.07. The Morgan fingerprint density at radius 3 is 2.62 bits per heavy atom. The minimum atomic E-state index is -0.278. The molecule has 0 atom stereocenters. The Morgan fingerprint density at radius 2 is 1.90 bits per heavy atom. The van der Waals surface area contributed by atoms with Gasteiger partial charge in [-0.05, 0) is 43.3 Å². The van der Waals surface area contributed by atoms with E-state index in [0.717, 1.165) is 12.1 Å². The van der Waals surface area contributed by atoms with Gasteiger partial charge >= 0.3 is 0 Å². The first kappa shape index (κ1) is 15.3. The number of ether oxygens (including phenoxy) is 2. The molecule has 0 aliphatic carbocycles. The van der Waals surface area contributed by atoms with Crippen molar-refractivity contribution < 1.29 is 13.9 Å². The van der Waals surface area contributed by atoms with Crippen LogP contribution in [0.5, 0.6) is 17.2 Å². The molecule has 0 saturated carbocycles. The van der Waals surface area contributed by atoms with Gasteiger partial charge in [-0.2, -0.15) is 0 Å². The smallest absolute Gasteiger partial charge is 0.169 e. The van der Waals surface area contributed by atoms with Gasteiger partial charge in [-0.25, -0.2) is 4.39 Å². The summed E-state index contributed by atoms with van der Waals surface area (Å²) in [5.74, 6) is 1.43. The quantitative estimate of drug-likeness (QED) is 0.870. The third kappa shape index (κ3) is 3.73. The van der Waals surface area contributed by atoms with E-state index in [9.17, 15) is 4.39 Å². The summed E-state index contributed by atoms with van der Waals surface area (Å²) in [5.41, 5.74) is 1.59. The van der Waals surface area contributed by atoms with Crippen LogP contribution in [0.2, 0.25) is 0 Å². The van der Waals surface area contributed by atoms with Crippen molar-refractivity contribution in [2.75, 3.05) is 13.7 Å². The second kappa shape index (κ2) is 7.09. The molecule has 21 heavy (non-hydrogen) atoms. The molecule has 2 aromatic rings. The van der Waals surface area contributed by atoms with Crippen molar-refractivity contribution >= 4 is 0 Å². The van der Waals surface area contributed by atoms with Crippen molar-refractivity contribution in [2.45, 2.75) is 20.4 Å². The monoisotopic (exact) mass is 289 g/mol. The predicted molar refractivity (Wildman–Crippen MR) is 81.6 cm³/mol. The maximum atomic E-state index is 14.0. The van der Waals surface area contributed by atoms with Crippen LogP contribution in [0, 0.1) is 12.7 Å². The van der Waals surface area contributed by atoms with E-state index in [1.165, 1.54) is 6.07 Å².